The molecule has 5 heteroatoms. The summed E-state index contributed by atoms with van der Waals surface area (Å²) in [6.45, 7) is 3.92. The number of nitrogens with one attached hydrogen (secondary N) is 1. The third-order valence-electron chi connectivity index (χ3n) is 1.12. The van der Waals surface area contributed by atoms with Crippen molar-refractivity contribution in [2.24, 2.45) is 10.7 Å². The minimum atomic E-state index is 0.161. The van der Waals surface area contributed by atoms with E-state index < -0.39 is 0 Å². The number of ether oxygens (including phenoxy) is 1. The summed E-state index contributed by atoms with van der Waals surface area (Å²) in [5, 5.41) is 10.4. The molecule has 0 saturated carbocycles. The zero-order valence-corrected chi connectivity index (χ0v) is 7.21. The Balaban J connectivity index is 3.28. The molecule has 12 heavy (non-hydrogen) atoms. The molecule has 0 bridgehead atoms. The maximum absolute atomic E-state index is 8.13. The van der Waals surface area contributed by atoms with Crippen molar-refractivity contribution in [3.05, 3.63) is 0 Å². The average Bonchev–Trinajstić information content (AvgIpc) is 2.05. The SMILES string of the molecule is CCOCCCN=C(N)NC#N. The first-order valence-corrected chi connectivity index (χ1v) is 3.84. The Hall–Kier alpha value is -1.28. The Morgan fingerprint density at radius 3 is 3.08 bits per heavy atom. The first-order chi connectivity index (χ1) is 5.81. The van der Waals surface area contributed by atoms with Gasteiger partial charge in [-0.1, -0.05) is 0 Å². The topological polar surface area (TPSA) is 83.4 Å². The second-order valence-corrected chi connectivity index (χ2v) is 2.05. The summed E-state index contributed by atoms with van der Waals surface area (Å²) >= 11 is 0. The zero-order valence-electron chi connectivity index (χ0n) is 7.21. The molecule has 0 amide bonds. The molecular formula is C7H14N4O. The van der Waals surface area contributed by atoms with Gasteiger partial charge in [0.1, 0.15) is 0 Å². The quantitative estimate of drug-likeness (QED) is 0.197. The Morgan fingerprint density at radius 1 is 1.75 bits per heavy atom. The van der Waals surface area contributed by atoms with E-state index in [0.29, 0.717) is 13.2 Å². The molecule has 0 aromatic heterocycles. The van der Waals surface area contributed by atoms with Crippen LogP contribution in [0.25, 0.3) is 0 Å². The fourth-order valence-electron chi connectivity index (χ4n) is 0.607. The van der Waals surface area contributed by atoms with Gasteiger partial charge in [-0.05, 0) is 13.3 Å². The fraction of sp³-hybridized carbons (Fsp3) is 0.714. The molecule has 0 aliphatic carbocycles. The normalized spacial score (nSPS) is 10.8. The van der Waals surface area contributed by atoms with Gasteiger partial charge in [0.2, 0.25) is 5.96 Å². The predicted octanol–water partition coefficient (Wildman–Crippen LogP) is -0.202. The van der Waals surface area contributed by atoms with Crippen LogP contribution in [0.15, 0.2) is 4.99 Å². The van der Waals surface area contributed by atoms with Gasteiger partial charge in [-0.2, -0.15) is 5.26 Å². The van der Waals surface area contributed by atoms with E-state index in [-0.39, 0.29) is 5.96 Å². The Bertz CT molecular complexity index is 173. The summed E-state index contributed by atoms with van der Waals surface area (Å²) in [6, 6.07) is 0. The van der Waals surface area contributed by atoms with Gasteiger partial charge in [0.25, 0.3) is 0 Å². The Kier molecular flexibility index (Phi) is 6.99. The van der Waals surface area contributed by atoms with Crippen molar-refractivity contribution < 1.29 is 4.74 Å². The highest BCUT2D eigenvalue weighted by Crippen LogP contribution is 1.82. The molecule has 5 nitrogen and oxygen atoms in total. The Morgan fingerprint density at radius 2 is 2.50 bits per heavy atom. The van der Waals surface area contributed by atoms with Crippen LogP contribution in [0.3, 0.4) is 0 Å². The van der Waals surface area contributed by atoms with E-state index in [9.17, 15) is 0 Å². The molecule has 0 aliphatic heterocycles. The van der Waals surface area contributed by atoms with E-state index >= 15 is 0 Å². The number of hydrogen-bond donors (Lipinski definition) is 2. The largest absolute Gasteiger partial charge is 0.382 e. The molecule has 0 saturated heterocycles. The average molecular weight is 170 g/mol. The maximum atomic E-state index is 8.13. The van der Waals surface area contributed by atoms with Crippen LogP contribution in [0.5, 0.6) is 0 Å². The van der Waals surface area contributed by atoms with Crippen LogP contribution in [0.4, 0.5) is 0 Å². The van der Waals surface area contributed by atoms with E-state index in [0.717, 1.165) is 13.0 Å². The lowest BCUT2D eigenvalue weighted by molar-refractivity contribution is 0.146. The first-order valence-electron chi connectivity index (χ1n) is 3.84. The standard InChI is InChI=1S/C7H14N4O/c1-2-12-5-3-4-10-7(9)11-6-8/h2-5H2,1H3,(H3,9,10,11). The van der Waals surface area contributed by atoms with Crippen molar-refractivity contribution in [1.82, 2.24) is 5.32 Å². The van der Waals surface area contributed by atoms with E-state index in [1.165, 1.54) is 0 Å². The molecule has 0 unspecified atom stereocenters. The lowest BCUT2D eigenvalue weighted by Gasteiger charge is -1.98. The molecule has 0 aromatic carbocycles. The summed E-state index contributed by atoms with van der Waals surface area (Å²) < 4.78 is 5.08. The predicted molar refractivity (Wildman–Crippen MR) is 46.3 cm³/mol. The number of hydrogen-bond acceptors (Lipinski definition) is 3. The van der Waals surface area contributed by atoms with Gasteiger partial charge in [0.05, 0.1) is 0 Å². The van der Waals surface area contributed by atoms with Gasteiger partial charge in [0.15, 0.2) is 6.19 Å². The number of nitrogens with two attached hydrogens (primary N) is 1. The highest BCUT2D eigenvalue weighted by molar-refractivity contribution is 5.79. The summed E-state index contributed by atoms with van der Waals surface area (Å²) in [5.41, 5.74) is 5.27. The van der Waals surface area contributed by atoms with E-state index in [1.807, 2.05) is 6.92 Å². The van der Waals surface area contributed by atoms with Crippen LogP contribution < -0.4 is 11.1 Å². The molecule has 0 aliphatic rings. The molecule has 0 atom stereocenters. The molecule has 0 aromatic rings. The van der Waals surface area contributed by atoms with Crippen molar-refractivity contribution >= 4 is 5.96 Å². The van der Waals surface area contributed by atoms with Crippen molar-refractivity contribution in [3.63, 3.8) is 0 Å². The minimum Gasteiger partial charge on any atom is -0.382 e. The van der Waals surface area contributed by atoms with Crippen LogP contribution in [-0.2, 0) is 4.74 Å². The van der Waals surface area contributed by atoms with Gasteiger partial charge < -0.3 is 10.5 Å². The lowest BCUT2D eigenvalue weighted by Crippen LogP contribution is -2.27. The lowest BCUT2D eigenvalue weighted by atomic mass is 10.5. The maximum Gasteiger partial charge on any atom is 0.202 e. The number of guanidine groups is 1. The highest BCUT2D eigenvalue weighted by atomic mass is 16.5. The fourth-order valence-corrected chi connectivity index (χ4v) is 0.607. The Labute approximate surface area is 72.2 Å². The molecule has 0 radical (unpaired) electrons. The van der Waals surface area contributed by atoms with Crippen molar-refractivity contribution in [2.75, 3.05) is 19.8 Å². The van der Waals surface area contributed by atoms with E-state index in [4.69, 9.17) is 15.7 Å². The molecule has 0 spiro atoms. The number of nitriles is 1. The minimum absolute atomic E-state index is 0.161. The van der Waals surface area contributed by atoms with E-state index in [1.54, 1.807) is 6.19 Å². The summed E-state index contributed by atoms with van der Waals surface area (Å²) in [7, 11) is 0. The zero-order chi connectivity index (χ0) is 9.23. The van der Waals surface area contributed by atoms with Crippen LogP contribution in [-0.4, -0.2) is 25.7 Å². The number of nitrogens with zero attached hydrogens (tertiary/aromatic N) is 2. The number of aliphatic imine (C=N–C) groups is 1. The second kappa shape index (κ2) is 7.82. The van der Waals surface area contributed by atoms with E-state index in [2.05, 4.69) is 10.3 Å². The summed E-state index contributed by atoms with van der Waals surface area (Å²) in [6.07, 6.45) is 2.50. The molecule has 0 rings (SSSR count). The van der Waals surface area contributed by atoms with Crippen LogP contribution >= 0.6 is 0 Å². The van der Waals surface area contributed by atoms with Gasteiger partial charge in [-0.15, -0.1) is 0 Å². The second-order valence-electron chi connectivity index (χ2n) is 2.05. The molecule has 3 N–H and O–H groups in total. The number of rotatable bonds is 5. The van der Waals surface area contributed by atoms with Crippen molar-refractivity contribution in [2.45, 2.75) is 13.3 Å². The van der Waals surface area contributed by atoms with Crippen LogP contribution in [0, 0.1) is 11.5 Å². The third kappa shape index (κ3) is 6.83. The molecule has 68 valence electrons. The summed E-state index contributed by atoms with van der Waals surface area (Å²) in [4.78, 5) is 3.87. The van der Waals surface area contributed by atoms with Crippen LogP contribution in [0.1, 0.15) is 13.3 Å². The smallest absolute Gasteiger partial charge is 0.202 e. The summed E-state index contributed by atoms with van der Waals surface area (Å²) in [5.74, 6) is 0.161. The van der Waals surface area contributed by atoms with Gasteiger partial charge in [-0.25, -0.2) is 0 Å². The highest BCUT2D eigenvalue weighted by Gasteiger charge is 1.88. The molecular weight excluding hydrogens is 156 g/mol. The van der Waals surface area contributed by atoms with Gasteiger partial charge in [-0.3, -0.25) is 10.3 Å². The van der Waals surface area contributed by atoms with Crippen LogP contribution in [0.2, 0.25) is 0 Å². The van der Waals surface area contributed by atoms with Crippen molar-refractivity contribution in [3.8, 4) is 6.19 Å². The molecule has 0 fully saturated rings. The first kappa shape index (κ1) is 10.7. The molecule has 0 heterocycles. The van der Waals surface area contributed by atoms with Gasteiger partial charge in [0, 0.05) is 19.8 Å². The monoisotopic (exact) mass is 170 g/mol. The van der Waals surface area contributed by atoms with Gasteiger partial charge >= 0.3 is 0 Å². The third-order valence-corrected chi connectivity index (χ3v) is 1.12. The van der Waals surface area contributed by atoms with Crippen molar-refractivity contribution in [1.29, 1.82) is 5.26 Å².